The van der Waals surface area contributed by atoms with E-state index in [9.17, 15) is 4.79 Å². The highest BCUT2D eigenvalue weighted by Crippen LogP contribution is 2.26. The molecule has 0 aliphatic heterocycles. The van der Waals surface area contributed by atoms with Crippen molar-refractivity contribution in [3.8, 4) is 5.75 Å². The highest BCUT2D eigenvalue weighted by molar-refractivity contribution is 5.81. The number of methoxy groups -OCH3 is 2. The molecule has 6 heteroatoms. The van der Waals surface area contributed by atoms with Crippen LogP contribution in [0.25, 0.3) is 0 Å². The van der Waals surface area contributed by atoms with E-state index in [0.29, 0.717) is 12.5 Å². The van der Waals surface area contributed by atoms with Crippen LogP contribution in [0.4, 0.5) is 0 Å². The number of carbonyl (C=O) groups excluding carboxylic acids is 1. The summed E-state index contributed by atoms with van der Waals surface area (Å²) in [6, 6.07) is 7.66. The minimum Gasteiger partial charge on any atom is -0.497 e. The number of benzene rings is 1. The first-order valence-corrected chi connectivity index (χ1v) is 10.7. The van der Waals surface area contributed by atoms with Gasteiger partial charge in [-0.15, -0.1) is 6.58 Å². The summed E-state index contributed by atoms with van der Waals surface area (Å²) in [6.07, 6.45) is 4.71. The molecule has 1 amide bonds. The van der Waals surface area contributed by atoms with Gasteiger partial charge in [-0.1, -0.05) is 43.7 Å². The third-order valence-corrected chi connectivity index (χ3v) is 5.31. The molecule has 0 aromatic heterocycles. The molecule has 0 bridgehead atoms. The van der Waals surface area contributed by atoms with E-state index in [1.54, 1.807) is 27.3 Å². The van der Waals surface area contributed by atoms with Crippen LogP contribution in [0.5, 0.6) is 5.75 Å². The molecule has 1 rings (SSSR count). The quantitative estimate of drug-likeness (QED) is 0.312. The predicted octanol–water partition coefficient (Wildman–Crippen LogP) is 4.80. The van der Waals surface area contributed by atoms with Gasteiger partial charge in [0.25, 0.3) is 5.91 Å². The predicted molar refractivity (Wildman–Crippen MR) is 124 cm³/mol. The first kappa shape index (κ1) is 26.9. The van der Waals surface area contributed by atoms with Crippen molar-refractivity contribution < 1.29 is 23.8 Å². The Morgan fingerprint density at radius 2 is 1.81 bits per heavy atom. The lowest BCUT2D eigenvalue weighted by atomic mass is 9.88. The van der Waals surface area contributed by atoms with Crippen molar-refractivity contribution >= 4 is 5.91 Å². The average Bonchev–Trinajstić information content (AvgIpc) is 2.77. The molecule has 174 valence electrons. The lowest BCUT2D eigenvalue weighted by Gasteiger charge is -2.33. The van der Waals surface area contributed by atoms with Crippen molar-refractivity contribution in [3.63, 3.8) is 0 Å². The van der Waals surface area contributed by atoms with E-state index in [4.69, 9.17) is 19.0 Å². The molecule has 0 aliphatic carbocycles. The summed E-state index contributed by atoms with van der Waals surface area (Å²) in [5.74, 6) is 0.634. The molecule has 0 spiro atoms. The summed E-state index contributed by atoms with van der Waals surface area (Å²) in [6.45, 7) is 10.6. The van der Waals surface area contributed by atoms with Gasteiger partial charge < -0.3 is 14.2 Å². The Hall–Kier alpha value is -2.15. The number of hydrogen-bond acceptors (Lipinski definition) is 5. The summed E-state index contributed by atoms with van der Waals surface area (Å²) in [4.78, 5) is 18.3. The van der Waals surface area contributed by atoms with Crippen molar-refractivity contribution in [1.29, 1.82) is 0 Å². The minimum absolute atomic E-state index is 0.187. The zero-order valence-electron chi connectivity index (χ0n) is 20.1. The van der Waals surface area contributed by atoms with Gasteiger partial charge in [-0.3, -0.25) is 9.63 Å². The van der Waals surface area contributed by atoms with Gasteiger partial charge in [-0.05, 0) is 43.4 Å². The summed E-state index contributed by atoms with van der Waals surface area (Å²) in [5, 5.41) is 1.24. The third kappa shape index (κ3) is 8.48. The molecule has 0 N–H and O–H groups in total. The molecular weight excluding hydrogens is 394 g/mol. The van der Waals surface area contributed by atoms with Gasteiger partial charge in [0, 0.05) is 14.2 Å². The fourth-order valence-corrected chi connectivity index (χ4v) is 3.32. The highest BCUT2D eigenvalue weighted by atomic mass is 16.7. The summed E-state index contributed by atoms with van der Waals surface area (Å²) >= 11 is 0. The van der Waals surface area contributed by atoms with Gasteiger partial charge in [0.2, 0.25) is 0 Å². The molecule has 3 atom stereocenters. The molecular formula is C25H39NO5. The van der Waals surface area contributed by atoms with E-state index in [2.05, 4.69) is 26.5 Å². The largest absolute Gasteiger partial charge is 0.497 e. The fourth-order valence-electron chi connectivity index (χ4n) is 3.32. The molecule has 1 aromatic carbocycles. The Labute approximate surface area is 187 Å². The lowest BCUT2D eigenvalue weighted by Crippen LogP contribution is -2.45. The van der Waals surface area contributed by atoms with Gasteiger partial charge in [0.15, 0.2) is 0 Å². The van der Waals surface area contributed by atoms with Crippen LogP contribution >= 0.6 is 0 Å². The van der Waals surface area contributed by atoms with Crippen LogP contribution in [-0.2, 0) is 25.7 Å². The molecule has 1 aromatic rings. The SMILES string of the molecule is C=C[C@@H](OCc1ccc(OC)cc1)[C@@H](OC)[C@@H](C(=O)N(C)OC)/C(C)=C/CCC(C)C. The Bertz CT molecular complexity index is 698. The molecule has 0 saturated heterocycles. The molecule has 0 saturated carbocycles. The summed E-state index contributed by atoms with van der Waals surface area (Å²) < 4.78 is 17.1. The molecule has 6 nitrogen and oxygen atoms in total. The smallest absolute Gasteiger partial charge is 0.255 e. The number of hydrogen-bond donors (Lipinski definition) is 0. The normalized spacial score (nSPS) is 14.8. The standard InChI is InChI=1S/C25H39NO5/c1-9-22(31-17-20-13-15-21(28-6)16-14-20)24(29-7)23(25(27)26(5)30-8)19(4)12-10-11-18(2)3/h9,12-16,18,22-24H,1,10-11,17H2,2-8H3/b19-12+/t22-,23+,24-/m1/s1. The van der Waals surface area contributed by atoms with Crippen LogP contribution in [-0.4, -0.2) is 51.6 Å². The third-order valence-electron chi connectivity index (χ3n) is 5.31. The van der Waals surface area contributed by atoms with Crippen molar-refractivity contribution in [2.45, 2.75) is 52.4 Å². The Kier molecular flexibility index (Phi) is 12.2. The number of rotatable bonds is 14. The van der Waals surface area contributed by atoms with Crippen LogP contribution in [0.2, 0.25) is 0 Å². The Morgan fingerprint density at radius 3 is 2.29 bits per heavy atom. The van der Waals surface area contributed by atoms with E-state index in [1.807, 2.05) is 31.2 Å². The van der Waals surface area contributed by atoms with Gasteiger partial charge in [0.05, 0.1) is 26.7 Å². The topological polar surface area (TPSA) is 57.2 Å². The van der Waals surface area contributed by atoms with Crippen LogP contribution in [0.1, 0.15) is 39.2 Å². The molecule has 0 radical (unpaired) electrons. The molecule has 0 heterocycles. The second-order valence-corrected chi connectivity index (χ2v) is 7.98. The van der Waals surface area contributed by atoms with E-state index in [0.717, 1.165) is 29.7 Å². The van der Waals surface area contributed by atoms with Crippen LogP contribution in [0, 0.1) is 11.8 Å². The number of allylic oxidation sites excluding steroid dienone is 1. The first-order chi connectivity index (χ1) is 14.8. The number of carbonyl (C=O) groups is 1. The maximum atomic E-state index is 13.2. The maximum absolute atomic E-state index is 13.2. The van der Waals surface area contributed by atoms with E-state index < -0.39 is 18.1 Å². The first-order valence-electron chi connectivity index (χ1n) is 10.7. The number of amides is 1. The Morgan fingerprint density at radius 1 is 1.16 bits per heavy atom. The second-order valence-electron chi connectivity index (χ2n) is 7.98. The summed E-state index contributed by atoms with van der Waals surface area (Å²) in [7, 11) is 6.30. The van der Waals surface area contributed by atoms with Crippen LogP contribution < -0.4 is 4.74 Å². The lowest BCUT2D eigenvalue weighted by molar-refractivity contribution is -0.179. The fraction of sp³-hybridized carbons (Fsp3) is 0.560. The van der Waals surface area contributed by atoms with Crippen molar-refractivity contribution in [2.75, 3.05) is 28.4 Å². The molecule has 31 heavy (non-hydrogen) atoms. The van der Waals surface area contributed by atoms with Crippen molar-refractivity contribution in [2.24, 2.45) is 11.8 Å². The average molecular weight is 434 g/mol. The molecule has 0 aliphatic rings. The number of ether oxygens (including phenoxy) is 3. The zero-order chi connectivity index (χ0) is 23.4. The van der Waals surface area contributed by atoms with Gasteiger partial charge in [-0.2, -0.15) is 0 Å². The van der Waals surface area contributed by atoms with Gasteiger partial charge in [0.1, 0.15) is 18.0 Å². The summed E-state index contributed by atoms with van der Waals surface area (Å²) in [5.41, 5.74) is 1.92. The maximum Gasteiger partial charge on any atom is 0.255 e. The van der Waals surface area contributed by atoms with E-state index in [1.165, 1.54) is 12.2 Å². The highest BCUT2D eigenvalue weighted by Gasteiger charge is 2.37. The molecule has 0 unspecified atom stereocenters. The number of nitrogens with zero attached hydrogens (tertiary/aromatic N) is 1. The van der Waals surface area contributed by atoms with Gasteiger partial charge >= 0.3 is 0 Å². The monoisotopic (exact) mass is 433 g/mol. The molecule has 0 fully saturated rings. The van der Waals surface area contributed by atoms with Crippen LogP contribution in [0.15, 0.2) is 48.6 Å². The van der Waals surface area contributed by atoms with Crippen molar-refractivity contribution in [3.05, 3.63) is 54.1 Å². The van der Waals surface area contributed by atoms with E-state index in [-0.39, 0.29) is 5.91 Å². The second kappa shape index (κ2) is 14.0. The number of hydroxylamine groups is 2. The van der Waals surface area contributed by atoms with E-state index >= 15 is 0 Å². The Balaban J connectivity index is 3.07. The minimum atomic E-state index is -0.555. The van der Waals surface area contributed by atoms with Crippen molar-refractivity contribution in [1.82, 2.24) is 5.06 Å². The van der Waals surface area contributed by atoms with Crippen LogP contribution in [0.3, 0.4) is 0 Å². The zero-order valence-corrected chi connectivity index (χ0v) is 20.1. The van der Waals surface area contributed by atoms with Gasteiger partial charge in [-0.25, -0.2) is 5.06 Å².